The van der Waals surface area contributed by atoms with E-state index >= 15 is 0 Å². The average Bonchev–Trinajstić information content (AvgIpc) is 2.14. The summed E-state index contributed by atoms with van der Waals surface area (Å²) in [4.78, 5) is 8.14. The number of nitrogens with zero attached hydrogens (tertiary/aromatic N) is 2. The van der Waals surface area contributed by atoms with Gasteiger partial charge in [0.1, 0.15) is 5.82 Å². The van der Waals surface area contributed by atoms with Crippen LogP contribution < -0.4 is 11.1 Å². The summed E-state index contributed by atoms with van der Waals surface area (Å²) in [6.45, 7) is 2.37. The molecule has 0 amide bonds. The van der Waals surface area contributed by atoms with E-state index < -0.39 is 0 Å². The molecule has 0 aliphatic rings. The van der Waals surface area contributed by atoms with Crippen molar-refractivity contribution in [3.05, 3.63) is 24.3 Å². The third-order valence-corrected chi connectivity index (χ3v) is 1.46. The van der Waals surface area contributed by atoms with E-state index in [1.165, 1.54) is 0 Å². The zero-order valence-corrected chi connectivity index (χ0v) is 7.03. The van der Waals surface area contributed by atoms with E-state index in [9.17, 15) is 0 Å². The standard InChI is InChI=1S/C8H14N4/c9-3-1-4-10-7-8-11-5-2-6-12-8/h2,5-6,10H,1,3-4,7,9H2. The maximum atomic E-state index is 5.34. The number of hydrogen-bond donors (Lipinski definition) is 2. The Morgan fingerprint density at radius 2 is 2.08 bits per heavy atom. The predicted octanol–water partition coefficient (Wildman–Crippen LogP) is -0.0850. The molecule has 0 fully saturated rings. The van der Waals surface area contributed by atoms with Crippen molar-refractivity contribution in [1.82, 2.24) is 15.3 Å². The van der Waals surface area contributed by atoms with Gasteiger partial charge in [-0.25, -0.2) is 9.97 Å². The molecule has 66 valence electrons. The Balaban J connectivity index is 2.16. The van der Waals surface area contributed by atoms with Crippen LogP contribution in [0.2, 0.25) is 0 Å². The van der Waals surface area contributed by atoms with Crippen molar-refractivity contribution in [2.75, 3.05) is 13.1 Å². The van der Waals surface area contributed by atoms with Gasteiger partial charge in [-0.3, -0.25) is 0 Å². The molecule has 0 aromatic carbocycles. The van der Waals surface area contributed by atoms with Crippen molar-refractivity contribution in [2.24, 2.45) is 5.73 Å². The van der Waals surface area contributed by atoms with Crippen molar-refractivity contribution in [3.63, 3.8) is 0 Å². The van der Waals surface area contributed by atoms with Crippen molar-refractivity contribution >= 4 is 0 Å². The first kappa shape index (κ1) is 9.09. The molecule has 0 radical (unpaired) electrons. The Labute approximate surface area is 72.2 Å². The average molecular weight is 166 g/mol. The minimum Gasteiger partial charge on any atom is -0.330 e. The van der Waals surface area contributed by atoms with Gasteiger partial charge in [0.05, 0.1) is 6.54 Å². The molecule has 0 bridgehead atoms. The molecule has 0 aliphatic carbocycles. The summed E-state index contributed by atoms with van der Waals surface area (Å²) in [6.07, 6.45) is 4.48. The molecule has 0 saturated heterocycles. The summed E-state index contributed by atoms with van der Waals surface area (Å²) < 4.78 is 0. The molecule has 0 saturated carbocycles. The zero-order chi connectivity index (χ0) is 8.65. The van der Waals surface area contributed by atoms with Gasteiger partial charge < -0.3 is 11.1 Å². The molecular formula is C8H14N4. The highest BCUT2D eigenvalue weighted by atomic mass is 14.9. The third kappa shape index (κ3) is 3.41. The molecule has 0 spiro atoms. The van der Waals surface area contributed by atoms with E-state index in [1.807, 2.05) is 6.07 Å². The van der Waals surface area contributed by atoms with Gasteiger partial charge in [0, 0.05) is 12.4 Å². The van der Waals surface area contributed by atoms with Crippen molar-refractivity contribution in [1.29, 1.82) is 0 Å². The van der Waals surface area contributed by atoms with Crippen LogP contribution >= 0.6 is 0 Å². The van der Waals surface area contributed by atoms with Gasteiger partial charge in [-0.1, -0.05) is 0 Å². The fourth-order valence-corrected chi connectivity index (χ4v) is 0.849. The van der Waals surface area contributed by atoms with Crippen LogP contribution in [-0.4, -0.2) is 23.1 Å². The van der Waals surface area contributed by atoms with Gasteiger partial charge in [0.25, 0.3) is 0 Å². The predicted molar refractivity (Wildman–Crippen MR) is 47.4 cm³/mol. The number of nitrogens with one attached hydrogen (secondary N) is 1. The molecule has 1 rings (SSSR count). The molecule has 12 heavy (non-hydrogen) atoms. The van der Waals surface area contributed by atoms with E-state index in [2.05, 4.69) is 15.3 Å². The smallest absolute Gasteiger partial charge is 0.141 e. The van der Waals surface area contributed by atoms with Crippen LogP contribution in [0.15, 0.2) is 18.5 Å². The quantitative estimate of drug-likeness (QED) is 0.600. The first-order valence-electron chi connectivity index (χ1n) is 4.10. The number of hydrogen-bond acceptors (Lipinski definition) is 4. The Hall–Kier alpha value is -1.00. The van der Waals surface area contributed by atoms with E-state index in [-0.39, 0.29) is 0 Å². The molecule has 3 N–H and O–H groups in total. The highest BCUT2D eigenvalue weighted by Crippen LogP contribution is 1.85. The molecule has 4 heteroatoms. The van der Waals surface area contributed by atoms with Gasteiger partial charge in [-0.05, 0) is 25.6 Å². The summed E-state index contributed by atoms with van der Waals surface area (Å²) in [5, 5.41) is 3.20. The molecule has 4 nitrogen and oxygen atoms in total. The second kappa shape index (κ2) is 5.62. The van der Waals surface area contributed by atoms with Crippen LogP contribution in [-0.2, 0) is 6.54 Å². The van der Waals surface area contributed by atoms with Crippen molar-refractivity contribution in [2.45, 2.75) is 13.0 Å². The molecule has 0 atom stereocenters. The summed E-state index contributed by atoms with van der Waals surface area (Å²) in [5.74, 6) is 0.828. The second-order valence-corrected chi connectivity index (χ2v) is 2.48. The highest BCUT2D eigenvalue weighted by molar-refractivity contribution is 4.87. The lowest BCUT2D eigenvalue weighted by Gasteiger charge is -2.00. The summed E-state index contributed by atoms with van der Waals surface area (Å²) in [6, 6.07) is 1.81. The van der Waals surface area contributed by atoms with E-state index in [1.54, 1.807) is 12.4 Å². The summed E-state index contributed by atoms with van der Waals surface area (Å²) in [7, 11) is 0. The zero-order valence-electron chi connectivity index (χ0n) is 7.03. The first-order valence-corrected chi connectivity index (χ1v) is 4.10. The van der Waals surface area contributed by atoms with E-state index in [0.29, 0.717) is 0 Å². The van der Waals surface area contributed by atoms with Gasteiger partial charge in [0.2, 0.25) is 0 Å². The third-order valence-electron chi connectivity index (χ3n) is 1.46. The summed E-state index contributed by atoms with van der Waals surface area (Å²) >= 11 is 0. The lowest BCUT2D eigenvalue weighted by atomic mass is 10.4. The SMILES string of the molecule is NCCCNCc1ncccn1. The molecular weight excluding hydrogens is 152 g/mol. The topological polar surface area (TPSA) is 63.8 Å². The van der Waals surface area contributed by atoms with Gasteiger partial charge in [-0.2, -0.15) is 0 Å². The Kier molecular flexibility index (Phi) is 4.26. The van der Waals surface area contributed by atoms with Crippen LogP contribution in [0.4, 0.5) is 0 Å². The number of rotatable bonds is 5. The lowest BCUT2D eigenvalue weighted by molar-refractivity contribution is 0.634. The van der Waals surface area contributed by atoms with Gasteiger partial charge in [-0.15, -0.1) is 0 Å². The Bertz CT molecular complexity index is 199. The molecule has 1 heterocycles. The minimum absolute atomic E-state index is 0.723. The lowest BCUT2D eigenvalue weighted by Crippen LogP contribution is -2.18. The number of aromatic nitrogens is 2. The van der Waals surface area contributed by atoms with Crippen LogP contribution in [0.1, 0.15) is 12.2 Å². The first-order chi connectivity index (χ1) is 5.93. The maximum absolute atomic E-state index is 5.34. The van der Waals surface area contributed by atoms with Crippen LogP contribution in [0.3, 0.4) is 0 Å². The molecule has 0 aliphatic heterocycles. The van der Waals surface area contributed by atoms with Crippen molar-refractivity contribution < 1.29 is 0 Å². The summed E-state index contributed by atoms with van der Waals surface area (Å²) in [5.41, 5.74) is 5.34. The minimum atomic E-state index is 0.723. The number of nitrogens with two attached hydrogens (primary N) is 1. The monoisotopic (exact) mass is 166 g/mol. The van der Waals surface area contributed by atoms with Crippen LogP contribution in [0.5, 0.6) is 0 Å². The van der Waals surface area contributed by atoms with Gasteiger partial charge >= 0.3 is 0 Å². The second-order valence-electron chi connectivity index (χ2n) is 2.48. The maximum Gasteiger partial charge on any atom is 0.141 e. The van der Waals surface area contributed by atoms with Crippen LogP contribution in [0, 0.1) is 0 Å². The highest BCUT2D eigenvalue weighted by Gasteiger charge is 1.91. The van der Waals surface area contributed by atoms with Crippen LogP contribution in [0.25, 0.3) is 0 Å². The van der Waals surface area contributed by atoms with Crippen molar-refractivity contribution in [3.8, 4) is 0 Å². The normalized spacial score (nSPS) is 10.1. The molecule has 1 aromatic heterocycles. The molecule has 0 unspecified atom stereocenters. The fourth-order valence-electron chi connectivity index (χ4n) is 0.849. The Morgan fingerprint density at radius 1 is 1.33 bits per heavy atom. The fraction of sp³-hybridized carbons (Fsp3) is 0.500. The largest absolute Gasteiger partial charge is 0.330 e. The van der Waals surface area contributed by atoms with E-state index in [0.717, 1.165) is 31.9 Å². The Morgan fingerprint density at radius 3 is 2.75 bits per heavy atom. The van der Waals surface area contributed by atoms with Gasteiger partial charge in [0.15, 0.2) is 0 Å². The molecule has 1 aromatic rings. The van der Waals surface area contributed by atoms with E-state index in [4.69, 9.17) is 5.73 Å².